The predicted octanol–water partition coefficient (Wildman–Crippen LogP) is 2.74. The van der Waals surface area contributed by atoms with Gasteiger partial charge in [-0.05, 0) is 25.1 Å². The Kier molecular flexibility index (Phi) is 4.67. The molecule has 1 aliphatic rings. The van der Waals surface area contributed by atoms with Crippen LogP contribution >= 0.6 is 0 Å². The van der Waals surface area contributed by atoms with Crippen LogP contribution in [0.1, 0.15) is 18.5 Å². The highest BCUT2D eigenvalue weighted by atomic mass is 16.5. The van der Waals surface area contributed by atoms with Crippen molar-refractivity contribution in [1.29, 1.82) is 0 Å². The minimum atomic E-state index is -0.573. The smallest absolute Gasteiger partial charge is 0.248 e. The zero-order chi connectivity index (χ0) is 20.5. The number of para-hydroxylation sites is 2. The van der Waals surface area contributed by atoms with Gasteiger partial charge in [0.25, 0.3) is 0 Å². The number of hydrogen-bond acceptors (Lipinski definition) is 6. The predicted molar refractivity (Wildman–Crippen MR) is 109 cm³/mol. The number of allylic oxidation sites excluding steroid dienone is 1. The summed E-state index contributed by atoms with van der Waals surface area (Å²) in [6, 6.07) is 14.4. The van der Waals surface area contributed by atoms with E-state index < -0.39 is 11.9 Å². The van der Waals surface area contributed by atoms with Crippen LogP contribution in [0, 0.1) is 0 Å². The Bertz CT molecular complexity index is 1120. The largest absolute Gasteiger partial charge is 0.496 e. The first-order valence-electron chi connectivity index (χ1n) is 9.05. The molecule has 0 saturated heterocycles. The second-order valence-electron chi connectivity index (χ2n) is 6.58. The number of carbonyl (C=O) groups excluding carboxylic acids is 1. The van der Waals surface area contributed by atoms with Crippen molar-refractivity contribution in [3.8, 4) is 22.9 Å². The number of benzene rings is 2. The average Bonchev–Trinajstić information content (AvgIpc) is 3.15. The fourth-order valence-corrected chi connectivity index (χ4v) is 3.59. The molecule has 0 spiro atoms. The number of fused-ring (bicyclic) bond motifs is 1. The van der Waals surface area contributed by atoms with Gasteiger partial charge in [-0.3, -0.25) is 4.79 Å². The van der Waals surface area contributed by atoms with Crippen LogP contribution in [0.3, 0.4) is 0 Å². The number of amides is 1. The molecule has 8 heteroatoms. The number of anilines is 1. The summed E-state index contributed by atoms with van der Waals surface area (Å²) in [6.07, 6.45) is 0. The number of methoxy groups -OCH3 is 2. The zero-order valence-electron chi connectivity index (χ0n) is 16.3. The van der Waals surface area contributed by atoms with Gasteiger partial charge in [0, 0.05) is 11.3 Å². The van der Waals surface area contributed by atoms with Gasteiger partial charge in [-0.1, -0.05) is 30.3 Å². The highest BCUT2D eigenvalue weighted by molar-refractivity contribution is 5.95. The van der Waals surface area contributed by atoms with E-state index in [-0.39, 0.29) is 0 Å². The van der Waals surface area contributed by atoms with E-state index in [4.69, 9.17) is 20.3 Å². The van der Waals surface area contributed by atoms with Gasteiger partial charge in [0.1, 0.15) is 17.5 Å². The van der Waals surface area contributed by atoms with E-state index in [1.807, 2.05) is 48.5 Å². The summed E-state index contributed by atoms with van der Waals surface area (Å²) in [6.45, 7) is 1.80. The third kappa shape index (κ3) is 3.08. The SMILES string of the molecule is COc1ccccc1-c1nc2n(n1)C(c1ccccc1OC)C(C(N)=O)=C(C)N2. The van der Waals surface area contributed by atoms with Crippen molar-refractivity contribution in [1.82, 2.24) is 14.8 Å². The molecule has 2 aromatic carbocycles. The maximum atomic E-state index is 12.3. The normalized spacial score (nSPS) is 15.5. The molecule has 29 heavy (non-hydrogen) atoms. The number of carbonyl (C=O) groups is 1. The second kappa shape index (κ2) is 7.31. The van der Waals surface area contributed by atoms with E-state index in [2.05, 4.69) is 10.3 Å². The highest BCUT2D eigenvalue weighted by Crippen LogP contribution is 2.40. The van der Waals surface area contributed by atoms with Crippen LogP contribution in [0.5, 0.6) is 11.5 Å². The Morgan fingerprint density at radius 3 is 2.41 bits per heavy atom. The molecule has 2 heterocycles. The first-order valence-corrected chi connectivity index (χ1v) is 9.05. The highest BCUT2D eigenvalue weighted by Gasteiger charge is 2.35. The first-order chi connectivity index (χ1) is 14.0. The maximum absolute atomic E-state index is 12.3. The van der Waals surface area contributed by atoms with E-state index in [1.54, 1.807) is 25.8 Å². The topological polar surface area (TPSA) is 104 Å². The van der Waals surface area contributed by atoms with Gasteiger partial charge in [-0.15, -0.1) is 5.10 Å². The van der Waals surface area contributed by atoms with Crippen molar-refractivity contribution in [2.24, 2.45) is 5.73 Å². The lowest BCUT2D eigenvalue weighted by Crippen LogP contribution is -2.32. The number of nitrogens with one attached hydrogen (secondary N) is 1. The molecule has 1 atom stereocenters. The summed E-state index contributed by atoms with van der Waals surface area (Å²) in [5.74, 6) is 1.73. The van der Waals surface area contributed by atoms with Crippen LogP contribution in [0.4, 0.5) is 5.95 Å². The number of nitrogens with two attached hydrogens (primary N) is 1. The monoisotopic (exact) mass is 391 g/mol. The van der Waals surface area contributed by atoms with Crippen LogP contribution in [-0.4, -0.2) is 34.9 Å². The van der Waals surface area contributed by atoms with Gasteiger partial charge in [-0.2, -0.15) is 4.98 Å². The molecule has 1 aromatic heterocycles. The molecule has 1 aliphatic heterocycles. The number of hydrogen-bond donors (Lipinski definition) is 2. The van der Waals surface area contributed by atoms with Crippen molar-refractivity contribution >= 4 is 11.9 Å². The quantitative estimate of drug-likeness (QED) is 0.693. The fraction of sp³-hybridized carbons (Fsp3) is 0.190. The van der Waals surface area contributed by atoms with Crippen molar-refractivity contribution in [2.75, 3.05) is 19.5 Å². The van der Waals surface area contributed by atoms with Gasteiger partial charge in [0.05, 0.1) is 25.4 Å². The molecule has 4 rings (SSSR count). The molecule has 1 unspecified atom stereocenters. The van der Waals surface area contributed by atoms with Crippen LogP contribution in [0.25, 0.3) is 11.4 Å². The van der Waals surface area contributed by atoms with Gasteiger partial charge in [0.2, 0.25) is 11.9 Å². The lowest BCUT2D eigenvalue weighted by Gasteiger charge is -2.28. The summed E-state index contributed by atoms with van der Waals surface area (Å²) >= 11 is 0. The molecule has 148 valence electrons. The Balaban J connectivity index is 1.93. The van der Waals surface area contributed by atoms with Crippen LogP contribution in [0.15, 0.2) is 59.8 Å². The van der Waals surface area contributed by atoms with Crippen molar-refractivity contribution in [3.05, 3.63) is 65.4 Å². The Labute approximate surface area is 168 Å². The molecule has 3 N–H and O–H groups in total. The molecule has 0 fully saturated rings. The van der Waals surface area contributed by atoms with Crippen LogP contribution in [-0.2, 0) is 4.79 Å². The number of rotatable bonds is 5. The molecule has 1 amide bonds. The molecule has 0 saturated carbocycles. The van der Waals surface area contributed by atoms with Crippen molar-refractivity contribution in [2.45, 2.75) is 13.0 Å². The molecular weight excluding hydrogens is 370 g/mol. The minimum absolute atomic E-state index is 0.401. The van der Waals surface area contributed by atoms with Gasteiger partial charge >= 0.3 is 0 Å². The Morgan fingerprint density at radius 1 is 1.07 bits per heavy atom. The molecule has 0 aliphatic carbocycles. The Hall–Kier alpha value is -3.81. The summed E-state index contributed by atoms with van der Waals surface area (Å²) < 4.78 is 12.6. The summed E-state index contributed by atoms with van der Waals surface area (Å²) in [7, 11) is 3.19. The van der Waals surface area contributed by atoms with Gasteiger partial charge < -0.3 is 20.5 Å². The summed E-state index contributed by atoms with van der Waals surface area (Å²) in [5.41, 5.74) is 8.28. The van der Waals surface area contributed by atoms with Crippen LogP contribution in [0.2, 0.25) is 0 Å². The first kappa shape index (κ1) is 18.5. The number of ether oxygens (including phenoxy) is 2. The summed E-state index contributed by atoms with van der Waals surface area (Å²) in [4.78, 5) is 17.0. The standard InChI is InChI=1S/C21H21N5O3/c1-12-17(19(22)27)18(13-8-4-6-10-15(13)28-2)26-21(23-12)24-20(25-26)14-9-5-7-11-16(14)29-3/h4-11,18H,1-3H3,(H2,22,27)(H,23,24,25). The van der Waals surface area contributed by atoms with E-state index in [9.17, 15) is 4.79 Å². The minimum Gasteiger partial charge on any atom is -0.496 e. The Morgan fingerprint density at radius 2 is 1.72 bits per heavy atom. The van der Waals surface area contributed by atoms with Gasteiger partial charge in [0.15, 0.2) is 5.82 Å². The molecule has 8 nitrogen and oxygen atoms in total. The fourth-order valence-electron chi connectivity index (χ4n) is 3.59. The van der Waals surface area contributed by atoms with Crippen molar-refractivity contribution < 1.29 is 14.3 Å². The number of primary amides is 1. The van der Waals surface area contributed by atoms with E-state index >= 15 is 0 Å². The average molecular weight is 391 g/mol. The van der Waals surface area contributed by atoms with Crippen LogP contribution < -0.4 is 20.5 Å². The maximum Gasteiger partial charge on any atom is 0.248 e. The third-order valence-electron chi connectivity index (χ3n) is 4.90. The molecular formula is C21H21N5O3. The summed E-state index contributed by atoms with van der Waals surface area (Å²) in [5, 5.41) is 7.84. The second-order valence-corrected chi connectivity index (χ2v) is 6.58. The zero-order valence-corrected chi connectivity index (χ0v) is 16.3. The number of nitrogens with zero attached hydrogens (tertiary/aromatic N) is 3. The number of aromatic nitrogens is 3. The molecule has 3 aromatic rings. The van der Waals surface area contributed by atoms with E-state index in [1.165, 1.54) is 0 Å². The third-order valence-corrected chi connectivity index (χ3v) is 4.90. The van der Waals surface area contributed by atoms with Gasteiger partial charge in [-0.25, -0.2) is 4.68 Å². The molecule has 0 radical (unpaired) electrons. The lowest BCUT2D eigenvalue weighted by molar-refractivity contribution is -0.115. The molecule has 0 bridgehead atoms. The van der Waals surface area contributed by atoms with E-state index in [0.29, 0.717) is 34.5 Å². The van der Waals surface area contributed by atoms with Crippen molar-refractivity contribution in [3.63, 3.8) is 0 Å². The van der Waals surface area contributed by atoms with E-state index in [0.717, 1.165) is 11.1 Å². The lowest BCUT2D eigenvalue weighted by atomic mass is 9.94.